The first-order valence-electron chi connectivity index (χ1n) is 4.50. The van der Waals surface area contributed by atoms with Gasteiger partial charge < -0.3 is 9.15 Å². The Balaban J connectivity index is 2.36. The number of carbonyl (C=O) groups excluding carboxylic acids is 1. The van der Waals surface area contributed by atoms with Crippen LogP contribution in [0.2, 0.25) is 0 Å². The van der Waals surface area contributed by atoms with Gasteiger partial charge in [-0.25, -0.2) is 4.79 Å². The van der Waals surface area contributed by atoms with Crippen molar-refractivity contribution in [1.29, 1.82) is 0 Å². The highest BCUT2D eigenvalue weighted by Gasteiger charge is 2.22. The summed E-state index contributed by atoms with van der Waals surface area (Å²) in [6.45, 7) is 0. The number of methoxy groups -OCH3 is 1. The van der Waals surface area contributed by atoms with Gasteiger partial charge in [-0.3, -0.25) is 0 Å². The molecule has 0 N–H and O–H groups in total. The van der Waals surface area contributed by atoms with Crippen LogP contribution in [0.3, 0.4) is 0 Å². The van der Waals surface area contributed by atoms with Crippen LogP contribution in [0, 0.1) is 0 Å². The molecule has 0 bridgehead atoms. The smallest absolute Gasteiger partial charge is 0.374 e. The molecule has 1 aromatic heterocycles. The van der Waals surface area contributed by atoms with Crippen LogP contribution in [0.15, 0.2) is 10.7 Å². The molecule has 3 nitrogen and oxygen atoms in total. The Bertz CT molecular complexity index is 325. The number of rotatable bonds is 1. The van der Waals surface area contributed by atoms with Gasteiger partial charge in [-0.1, -0.05) is 0 Å². The molecule has 2 rings (SSSR count). The number of hydrogen-bond donors (Lipinski definition) is 0. The van der Waals surface area contributed by atoms with Crippen LogP contribution in [-0.4, -0.2) is 13.1 Å². The van der Waals surface area contributed by atoms with E-state index in [-0.39, 0.29) is 5.97 Å². The molecule has 1 heterocycles. The minimum absolute atomic E-state index is 0.358. The number of ether oxygens (including phenoxy) is 1. The predicted octanol–water partition coefficient (Wildman–Crippen LogP) is 1.95. The second-order valence-electron chi connectivity index (χ2n) is 3.27. The number of furan rings is 1. The molecule has 0 spiro atoms. The van der Waals surface area contributed by atoms with Crippen LogP contribution >= 0.6 is 0 Å². The van der Waals surface area contributed by atoms with Gasteiger partial charge in [0.05, 0.1) is 13.4 Å². The minimum Gasteiger partial charge on any atom is -0.463 e. The molecule has 0 unspecified atom stereocenters. The lowest BCUT2D eigenvalue weighted by atomic mass is 9.94. The summed E-state index contributed by atoms with van der Waals surface area (Å²) in [6.07, 6.45) is 5.97. The van der Waals surface area contributed by atoms with E-state index in [1.165, 1.54) is 19.1 Å². The third-order valence-corrected chi connectivity index (χ3v) is 2.47. The highest BCUT2D eigenvalue weighted by Crippen LogP contribution is 2.26. The van der Waals surface area contributed by atoms with Crippen molar-refractivity contribution in [3.05, 3.63) is 23.2 Å². The summed E-state index contributed by atoms with van der Waals surface area (Å²) in [6, 6.07) is 0. The molecule has 0 fully saturated rings. The van der Waals surface area contributed by atoms with E-state index >= 15 is 0 Å². The normalized spacial score (nSPS) is 15.2. The van der Waals surface area contributed by atoms with Crippen molar-refractivity contribution in [2.24, 2.45) is 0 Å². The van der Waals surface area contributed by atoms with Gasteiger partial charge >= 0.3 is 5.97 Å². The molecular weight excluding hydrogens is 168 g/mol. The number of carbonyl (C=O) groups is 1. The zero-order chi connectivity index (χ0) is 9.26. The fraction of sp³-hybridized carbons (Fsp3) is 0.500. The van der Waals surface area contributed by atoms with Crippen molar-refractivity contribution in [3.63, 3.8) is 0 Å². The Morgan fingerprint density at radius 1 is 1.46 bits per heavy atom. The molecule has 1 aliphatic carbocycles. The standard InChI is InChI=1S/C10H12O3/c1-12-10(11)9-8-5-3-2-4-7(8)6-13-9/h6H,2-5H2,1H3. The Morgan fingerprint density at radius 2 is 2.23 bits per heavy atom. The molecule has 13 heavy (non-hydrogen) atoms. The molecule has 0 aliphatic heterocycles. The minimum atomic E-state index is -0.358. The van der Waals surface area contributed by atoms with Gasteiger partial charge in [0, 0.05) is 5.56 Å². The molecule has 70 valence electrons. The van der Waals surface area contributed by atoms with Crippen molar-refractivity contribution in [3.8, 4) is 0 Å². The molecule has 0 saturated heterocycles. The summed E-state index contributed by atoms with van der Waals surface area (Å²) in [4.78, 5) is 11.2. The summed E-state index contributed by atoms with van der Waals surface area (Å²) >= 11 is 0. The molecule has 0 aromatic carbocycles. The third-order valence-electron chi connectivity index (χ3n) is 2.47. The number of fused-ring (bicyclic) bond motifs is 1. The van der Waals surface area contributed by atoms with Gasteiger partial charge in [0.25, 0.3) is 0 Å². The largest absolute Gasteiger partial charge is 0.463 e. The van der Waals surface area contributed by atoms with Crippen molar-refractivity contribution >= 4 is 5.97 Å². The highest BCUT2D eigenvalue weighted by molar-refractivity contribution is 5.88. The molecule has 0 saturated carbocycles. The lowest BCUT2D eigenvalue weighted by Gasteiger charge is -2.09. The van der Waals surface area contributed by atoms with Crippen LogP contribution in [0.5, 0.6) is 0 Å². The van der Waals surface area contributed by atoms with Crippen molar-refractivity contribution in [1.82, 2.24) is 0 Å². The predicted molar refractivity (Wildman–Crippen MR) is 46.7 cm³/mol. The molecule has 0 amide bonds. The molecular formula is C10H12O3. The maximum Gasteiger partial charge on any atom is 0.374 e. The van der Waals surface area contributed by atoms with Gasteiger partial charge in [0.1, 0.15) is 0 Å². The molecule has 3 heteroatoms. The van der Waals surface area contributed by atoms with Gasteiger partial charge in [-0.15, -0.1) is 0 Å². The molecule has 0 atom stereocenters. The van der Waals surface area contributed by atoms with Crippen molar-refractivity contribution < 1.29 is 13.9 Å². The quantitative estimate of drug-likeness (QED) is 0.620. The fourth-order valence-corrected chi connectivity index (χ4v) is 1.78. The number of aryl methyl sites for hydroxylation is 1. The SMILES string of the molecule is COC(=O)c1occ2c1CCCC2. The van der Waals surface area contributed by atoms with E-state index in [2.05, 4.69) is 4.74 Å². The average molecular weight is 180 g/mol. The van der Waals surface area contributed by atoms with Gasteiger partial charge in [0.2, 0.25) is 5.76 Å². The Kier molecular flexibility index (Phi) is 2.08. The van der Waals surface area contributed by atoms with E-state index in [9.17, 15) is 4.79 Å². The van der Waals surface area contributed by atoms with E-state index in [0.29, 0.717) is 5.76 Å². The second-order valence-corrected chi connectivity index (χ2v) is 3.27. The van der Waals surface area contributed by atoms with E-state index in [0.717, 1.165) is 24.8 Å². The lowest BCUT2D eigenvalue weighted by molar-refractivity contribution is 0.0563. The summed E-state index contributed by atoms with van der Waals surface area (Å²) in [7, 11) is 1.38. The maximum atomic E-state index is 11.2. The third kappa shape index (κ3) is 1.34. The van der Waals surface area contributed by atoms with Crippen LogP contribution in [0.4, 0.5) is 0 Å². The van der Waals surface area contributed by atoms with Gasteiger partial charge in [-0.05, 0) is 31.2 Å². The fourth-order valence-electron chi connectivity index (χ4n) is 1.78. The van der Waals surface area contributed by atoms with Crippen LogP contribution in [-0.2, 0) is 17.6 Å². The monoisotopic (exact) mass is 180 g/mol. The maximum absolute atomic E-state index is 11.2. The topological polar surface area (TPSA) is 39.4 Å². The Labute approximate surface area is 76.7 Å². The van der Waals surface area contributed by atoms with E-state index in [1.54, 1.807) is 6.26 Å². The first-order valence-corrected chi connectivity index (χ1v) is 4.50. The lowest BCUT2D eigenvalue weighted by Crippen LogP contribution is -2.07. The highest BCUT2D eigenvalue weighted by atomic mass is 16.5. The van der Waals surface area contributed by atoms with Crippen molar-refractivity contribution in [2.45, 2.75) is 25.7 Å². The summed E-state index contributed by atoms with van der Waals surface area (Å²) in [5.74, 6) is 0.0420. The first-order chi connectivity index (χ1) is 6.33. The summed E-state index contributed by atoms with van der Waals surface area (Å²) in [5.41, 5.74) is 2.23. The summed E-state index contributed by atoms with van der Waals surface area (Å²) in [5, 5.41) is 0. The molecule has 0 radical (unpaired) electrons. The number of hydrogen-bond acceptors (Lipinski definition) is 3. The Hall–Kier alpha value is -1.25. The summed E-state index contributed by atoms with van der Waals surface area (Å²) < 4.78 is 9.82. The first kappa shape index (κ1) is 8.35. The van der Waals surface area contributed by atoms with Crippen LogP contribution in [0.25, 0.3) is 0 Å². The Morgan fingerprint density at radius 3 is 3.00 bits per heavy atom. The average Bonchev–Trinajstić information content (AvgIpc) is 2.60. The second kappa shape index (κ2) is 3.24. The van der Waals surface area contributed by atoms with Gasteiger partial charge in [-0.2, -0.15) is 0 Å². The number of esters is 1. The van der Waals surface area contributed by atoms with E-state index < -0.39 is 0 Å². The molecule has 1 aromatic rings. The van der Waals surface area contributed by atoms with E-state index in [4.69, 9.17) is 4.42 Å². The van der Waals surface area contributed by atoms with Gasteiger partial charge in [0.15, 0.2) is 0 Å². The zero-order valence-corrected chi connectivity index (χ0v) is 7.63. The van der Waals surface area contributed by atoms with Crippen LogP contribution < -0.4 is 0 Å². The molecule has 1 aliphatic rings. The zero-order valence-electron chi connectivity index (χ0n) is 7.63. The van der Waals surface area contributed by atoms with Crippen molar-refractivity contribution in [2.75, 3.05) is 7.11 Å². The van der Waals surface area contributed by atoms with E-state index in [1.807, 2.05) is 0 Å². The van der Waals surface area contributed by atoms with Crippen LogP contribution in [0.1, 0.15) is 34.5 Å².